The maximum atomic E-state index is 4.23. The number of imidazole rings is 1. The molecular weight excluding hydrogens is 254 g/mol. The van der Waals surface area contributed by atoms with Crippen LogP contribution in [0.15, 0.2) is 12.4 Å². The van der Waals surface area contributed by atoms with Gasteiger partial charge in [-0.25, -0.2) is 4.98 Å². The summed E-state index contributed by atoms with van der Waals surface area (Å²) in [6.45, 7) is 6.79. The zero-order valence-corrected chi connectivity index (χ0v) is 10.8. The van der Waals surface area contributed by atoms with Gasteiger partial charge in [0.05, 0.1) is 0 Å². The first-order chi connectivity index (χ1) is 7.29. The van der Waals surface area contributed by atoms with E-state index >= 15 is 0 Å². The van der Waals surface area contributed by atoms with Gasteiger partial charge in [0.1, 0.15) is 5.82 Å². The Morgan fingerprint density at radius 3 is 3.00 bits per heavy atom. The van der Waals surface area contributed by atoms with Crippen molar-refractivity contribution < 1.29 is 0 Å². The van der Waals surface area contributed by atoms with E-state index in [0.29, 0.717) is 0 Å². The molecule has 1 unspecified atom stereocenters. The van der Waals surface area contributed by atoms with Gasteiger partial charge < -0.3 is 9.47 Å². The Hall–Kier alpha value is -0.350. The lowest BCUT2D eigenvalue weighted by atomic mass is 10.2. The molecule has 15 heavy (non-hydrogen) atoms. The molecular formula is C11H18BrN3. The first-order valence-electron chi connectivity index (χ1n) is 5.55. The summed E-state index contributed by atoms with van der Waals surface area (Å²) in [5.74, 6) is 1.97. The predicted molar refractivity (Wildman–Crippen MR) is 65.3 cm³/mol. The van der Waals surface area contributed by atoms with Gasteiger partial charge in [-0.1, -0.05) is 15.9 Å². The van der Waals surface area contributed by atoms with Crippen LogP contribution in [0.2, 0.25) is 0 Å². The molecule has 3 nitrogen and oxygen atoms in total. The number of nitrogens with zero attached hydrogens (tertiary/aromatic N) is 3. The van der Waals surface area contributed by atoms with Crippen molar-refractivity contribution in [3.05, 3.63) is 18.2 Å². The number of hydrogen-bond acceptors (Lipinski definition) is 2. The smallest absolute Gasteiger partial charge is 0.105 e. The second kappa shape index (κ2) is 5.12. The molecule has 0 radical (unpaired) electrons. The Bertz CT molecular complexity index is 311. The van der Waals surface area contributed by atoms with Crippen LogP contribution in [0.1, 0.15) is 12.2 Å². The second-order valence-corrected chi connectivity index (χ2v) is 4.92. The molecule has 2 rings (SSSR count). The third-order valence-corrected chi connectivity index (χ3v) is 4.08. The van der Waals surface area contributed by atoms with Crippen molar-refractivity contribution >= 4 is 15.9 Å². The molecule has 0 saturated carbocycles. The standard InChI is InChI=1S/C11H18BrN3/c1-10-13-3-5-15(10)7-6-14-4-2-11(8-12)9-14/h3,5,11H,2,4,6-9H2,1H3. The maximum absolute atomic E-state index is 4.23. The summed E-state index contributed by atoms with van der Waals surface area (Å²) in [6.07, 6.45) is 5.28. The summed E-state index contributed by atoms with van der Waals surface area (Å²) in [5.41, 5.74) is 0. The monoisotopic (exact) mass is 271 g/mol. The van der Waals surface area contributed by atoms with Crippen molar-refractivity contribution in [1.82, 2.24) is 14.5 Å². The Morgan fingerprint density at radius 2 is 2.40 bits per heavy atom. The average molecular weight is 272 g/mol. The van der Waals surface area contributed by atoms with E-state index < -0.39 is 0 Å². The summed E-state index contributed by atoms with van der Waals surface area (Å²) in [7, 11) is 0. The fourth-order valence-corrected chi connectivity index (χ4v) is 2.66. The molecule has 1 aliphatic rings. The number of alkyl halides is 1. The molecule has 0 amide bonds. The van der Waals surface area contributed by atoms with Gasteiger partial charge in [-0.3, -0.25) is 0 Å². The van der Waals surface area contributed by atoms with E-state index in [1.54, 1.807) is 0 Å². The minimum absolute atomic E-state index is 0.855. The van der Waals surface area contributed by atoms with Crippen LogP contribution in [0.5, 0.6) is 0 Å². The number of aryl methyl sites for hydroxylation is 1. The van der Waals surface area contributed by atoms with Crippen molar-refractivity contribution in [2.24, 2.45) is 5.92 Å². The van der Waals surface area contributed by atoms with Gasteiger partial charge in [0.25, 0.3) is 0 Å². The van der Waals surface area contributed by atoms with Gasteiger partial charge in [-0.2, -0.15) is 0 Å². The Kier molecular flexibility index (Phi) is 3.81. The Balaban J connectivity index is 1.77. The van der Waals surface area contributed by atoms with E-state index in [1.807, 2.05) is 6.20 Å². The molecule has 0 aromatic carbocycles. The zero-order valence-electron chi connectivity index (χ0n) is 9.19. The van der Waals surface area contributed by atoms with Crippen molar-refractivity contribution in [3.8, 4) is 0 Å². The summed E-state index contributed by atoms with van der Waals surface area (Å²) in [6, 6.07) is 0. The van der Waals surface area contributed by atoms with E-state index in [4.69, 9.17) is 0 Å². The minimum atomic E-state index is 0.855. The van der Waals surface area contributed by atoms with Gasteiger partial charge in [-0.15, -0.1) is 0 Å². The van der Waals surface area contributed by atoms with Crippen molar-refractivity contribution in [3.63, 3.8) is 0 Å². The molecule has 1 aliphatic heterocycles. The van der Waals surface area contributed by atoms with E-state index in [-0.39, 0.29) is 0 Å². The van der Waals surface area contributed by atoms with E-state index in [9.17, 15) is 0 Å². The summed E-state index contributed by atoms with van der Waals surface area (Å²) >= 11 is 3.56. The molecule has 84 valence electrons. The highest BCUT2D eigenvalue weighted by atomic mass is 79.9. The van der Waals surface area contributed by atoms with Gasteiger partial charge in [-0.05, 0) is 25.8 Å². The normalized spacial score (nSPS) is 22.4. The lowest BCUT2D eigenvalue weighted by molar-refractivity contribution is 0.312. The lowest BCUT2D eigenvalue weighted by Gasteiger charge is -2.16. The van der Waals surface area contributed by atoms with Crippen molar-refractivity contribution in [1.29, 1.82) is 0 Å². The number of aromatic nitrogens is 2. The topological polar surface area (TPSA) is 21.1 Å². The number of rotatable bonds is 4. The van der Waals surface area contributed by atoms with Crippen LogP contribution in [0.25, 0.3) is 0 Å². The summed E-state index contributed by atoms with van der Waals surface area (Å²) in [5, 5.41) is 1.15. The molecule has 1 aromatic rings. The average Bonchev–Trinajstić information content (AvgIpc) is 2.84. The quantitative estimate of drug-likeness (QED) is 0.781. The highest BCUT2D eigenvalue weighted by Crippen LogP contribution is 2.17. The van der Waals surface area contributed by atoms with Gasteiger partial charge in [0.15, 0.2) is 0 Å². The van der Waals surface area contributed by atoms with E-state index in [2.05, 4.69) is 43.5 Å². The molecule has 1 aromatic heterocycles. The van der Waals surface area contributed by atoms with Crippen LogP contribution in [-0.2, 0) is 6.54 Å². The van der Waals surface area contributed by atoms with Crippen LogP contribution < -0.4 is 0 Å². The highest BCUT2D eigenvalue weighted by molar-refractivity contribution is 9.09. The molecule has 1 fully saturated rings. The number of hydrogen-bond donors (Lipinski definition) is 0. The largest absolute Gasteiger partial charge is 0.334 e. The molecule has 0 bridgehead atoms. The number of likely N-dealkylation sites (tertiary alicyclic amines) is 1. The van der Waals surface area contributed by atoms with Crippen molar-refractivity contribution in [2.75, 3.05) is 25.0 Å². The summed E-state index contributed by atoms with van der Waals surface area (Å²) < 4.78 is 2.22. The molecule has 1 saturated heterocycles. The molecule has 0 aliphatic carbocycles. The van der Waals surface area contributed by atoms with E-state index in [0.717, 1.165) is 30.2 Å². The molecule has 0 N–H and O–H groups in total. The zero-order chi connectivity index (χ0) is 10.7. The highest BCUT2D eigenvalue weighted by Gasteiger charge is 2.20. The van der Waals surface area contributed by atoms with Crippen LogP contribution in [-0.4, -0.2) is 39.4 Å². The van der Waals surface area contributed by atoms with Gasteiger partial charge >= 0.3 is 0 Å². The van der Waals surface area contributed by atoms with Gasteiger partial charge in [0.2, 0.25) is 0 Å². The minimum Gasteiger partial charge on any atom is -0.334 e. The SMILES string of the molecule is Cc1nccn1CCN1CCC(CBr)C1. The molecule has 2 heterocycles. The fraction of sp³-hybridized carbons (Fsp3) is 0.727. The third-order valence-electron chi connectivity index (χ3n) is 3.17. The maximum Gasteiger partial charge on any atom is 0.105 e. The first kappa shape index (κ1) is 11.1. The van der Waals surface area contributed by atoms with Crippen LogP contribution in [0.3, 0.4) is 0 Å². The van der Waals surface area contributed by atoms with Crippen LogP contribution >= 0.6 is 15.9 Å². The lowest BCUT2D eigenvalue weighted by Crippen LogP contribution is -2.25. The summed E-state index contributed by atoms with van der Waals surface area (Å²) in [4.78, 5) is 6.78. The van der Waals surface area contributed by atoms with Crippen LogP contribution in [0.4, 0.5) is 0 Å². The van der Waals surface area contributed by atoms with Crippen LogP contribution in [0, 0.1) is 12.8 Å². The molecule has 0 spiro atoms. The fourth-order valence-electron chi connectivity index (χ4n) is 2.13. The Morgan fingerprint density at radius 1 is 1.53 bits per heavy atom. The Labute approximate surface area is 99.6 Å². The third kappa shape index (κ3) is 2.82. The van der Waals surface area contributed by atoms with E-state index in [1.165, 1.54) is 19.5 Å². The number of halogens is 1. The van der Waals surface area contributed by atoms with Gasteiger partial charge in [0, 0.05) is 37.4 Å². The second-order valence-electron chi connectivity index (χ2n) is 4.28. The predicted octanol–water partition coefficient (Wildman–Crippen LogP) is 1.91. The molecule has 4 heteroatoms. The van der Waals surface area contributed by atoms with Crippen molar-refractivity contribution in [2.45, 2.75) is 19.9 Å². The first-order valence-corrected chi connectivity index (χ1v) is 6.68. The molecule has 1 atom stereocenters.